The molecule has 9 N–H and O–H groups in total. The number of likely N-dealkylation sites (N-methyl/N-ethyl adjacent to an activating group) is 1. The molecule has 0 aliphatic rings. The lowest BCUT2D eigenvalue weighted by atomic mass is 10.0. The zero-order valence-corrected chi connectivity index (χ0v) is 9.85. The number of aliphatic hydroxyl groups excluding tert-OH is 5. The van der Waals surface area contributed by atoms with Crippen LogP contribution >= 0.6 is 0 Å². The van der Waals surface area contributed by atoms with Gasteiger partial charge >= 0.3 is 0 Å². The van der Waals surface area contributed by atoms with Crippen molar-refractivity contribution in [3.8, 4) is 0 Å². The van der Waals surface area contributed by atoms with E-state index in [1.165, 1.54) is 4.90 Å². The Labute approximate surface area is 100 Å². The smallest absolute Gasteiger partial charge is 0.111 e. The molecule has 0 amide bonds. The third-order valence-electron chi connectivity index (χ3n) is 2.61. The van der Waals surface area contributed by atoms with Gasteiger partial charge in [-0.25, -0.2) is 0 Å². The molecule has 17 heavy (non-hydrogen) atoms. The number of nitrogens with zero attached hydrogens (tertiary/aromatic N) is 1. The average Bonchev–Trinajstić information content (AvgIpc) is 2.34. The number of hydrogen-bond donors (Lipinski definition) is 7. The number of nitrogens with two attached hydrogens (primary N) is 2. The van der Waals surface area contributed by atoms with E-state index in [1.54, 1.807) is 7.05 Å². The van der Waals surface area contributed by atoms with E-state index in [1.807, 2.05) is 0 Å². The second-order valence-corrected chi connectivity index (χ2v) is 4.04. The molecule has 0 bridgehead atoms. The van der Waals surface area contributed by atoms with E-state index in [0.29, 0.717) is 0 Å². The quantitative estimate of drug-likeness (QED) is 0.214. The van der Waals surface area contributed by atoms with E-state index in [4.69, 9.17) is 21.7 Å². The summed E-state index contributed by atoms with van der Waals surface area (Å²) in [5, 5.41) is 46.2. The first kappa shape index (κ1) is 16.7. The summed E-state index contributed by atoms with van der Waals surface area (Å²) in [6.45, 7) is -0.543. The largest absolute Gasteiger partial charge is 0.394 e. The molecule has 0 aromatic rings. The Morgan fingerprint density at radius 3 is 1.94 bits per heavy atom. The molecular formula is C9H23N3O5. The lowest BCUT2D eigenvalue weighted by Crippen LogP contribution is -2.53. The van der Waals surface area contributed by atoms with Crippen molar-refractivity contribution in [1.29, 1.82) is 0 Å². The van der Waals surface area contributed by atoms with E-state index >= 15 is 0 Å². The van der Waals surface area contributed by atoms with Gasteiger partial charge in [-0.15, -0.1) is 0 Å². The van der Waals surface area contributed by atoms with E-state index in [0.717, 1.165) is 0 Å². The minimum Gasteiger partial charge on any atom is -0.394 e. The van der Waals surface area contributed by atoms with Gasteiger partial charge in [0.25, 0.3) is 0 Å². The predicted molar refractivity (Wildman–Crippen MR) is 60.8 cm³/mol. The van der Waals surface area contributed by atoms with Gasteiger partial charge in [0.05, 0.1) is 18.9 Å². The van der Waals surface area contributed by atoms with Crippen LogP contribution in [0.15, 0.2) is 0 Å². The molecule has 104 valence electrons. The third-order valence-corrected chi connectivity index (χ3v) is 2.61. The van der Waals surface area contributed by atoms with Crippen LogP contribution in [-0.4, -0.2) is 87.8 Å². The highest BCUT2D eigenvalue weighted by Gasteiger charge is 2.30. The molecule has 0 saturated heterocycles. The molecule has 0 saturated carbocycles. The van der Waals surface area contributed by atoms with Crippen LogP contribution in [0.2, 0.25) is 0 Å². The van der Waals surface area contributed by atoms with Crippen LogP contribution in [0.5, 0.6) is 0 Å². The molecule has 5 atom stereocenters. The molecule has 0 rings (SSSR count). The van der Waals surface area contributed by atoms with Crippen LogP contribution in [0.4, 0.5) is 0 Å². The third kappa shape index (κ3) is 5.23. The second kappa shape index (κ2) is 7.90. The summed E-state index contributed by atoms with van der Waals surface area (Å²) in [4.78, 5) is 1.51. The van der Waals surface area contributed by atoms with Gasteiger partial charge < -0.3 is 37.0 Å². The maximum Gasteiger partial charge on any atom is 0.111 e. The van der Waals surface area contributed by atoms with E-state index in [9.17, 15) is 15.3 Å². The summed E-state index contributed by atoms with van der Waals surface area (Å²) in [5.41, 5.74) is 10.9. The van der Waals surface area contributed by atoms with Crippen LogP contribution in [0, 0.1) is 0 Å². The van der Waals surface area contributed by atoms with Crippen molar-refractivity contribution in [2.75, 3.05) is 26.7 Å². The molecule has 0 heterocycles. The zero-order valence-electron chi connectivity index (χ0n) is 9.85. The molecule has 8 heteroatoms. The molecule has 0 spiro atoms. The van der Waals surface area contributed by atoms with Crippen molar-refractivity contribution < 1.29 is 25.5 Å². The lowest BCUT2D eigenvalue weighted by molar-refractivity contribution is -0.119. The monoisotopic (exact) mass is 253 g/mol. The predicted octanol–water partition coefficient (Wildman–Crippen LogP) is -4.40. The van der Waals surface area contributed by atoms with Gasteiger partial charge in [0.15, 0.2) is 0 Å². The summed E-state index contributed by atoms with van der Waals surface area (Å²) in [6.07, 6.45) is -6.50. The Morgan fingerprint density at radius 1 is 1.06 bits per heavy atom. The van der Waals surface area contributed by atoms with Gasteiger partial charge in [0.2, 0.25) is 0 Å². The highest BCUT2D eigenvalue weighted by molar-refractivity contribution is 4.82. The first-order valence-electron chi connectivity index (χ1n) is 5.34. The highest BCUT2D eigenvalue weighted by Crippen LogP contribution is 2.06. The molecule has 1 unspecified atom stereocenters. The van der Waals surface area contributed by atoms with Crippen molar-refractivity contribution in [2.45, 2.75) is 30.6 Å². The van der Waals surface area contributed by atoms with E-state index in [-0.39, 0.29) is 13.1 Å². The number of aliphatic hydroxyl groups is 5. The summed E-state index contributed by atoms with van der Waals surface area (Å²) in [7, 11) is 1.60. The van der Waals surface area contributed by atoms with Gasteiger partial charge in [-0.1, -0.05) is 0 Å². The average molecular weight is 253 g/mol. The fraction of sp³-hybridized carbons (Fsp3) is 1.00. The minimum absolute atomic E-state index is 0.0191. The van der Waals surface area contributed by atoms with Crippen molar-refractivity contribution in [3.63, 3.8) is 0 Å². The van der Waals surface area contributed by atoms with Crippen LogP contribution in [0.25, 0.3) is 0 Å². The molecule has 8 nitrogen and oxygen atoms in total. The fourth-order valence-corrected chi connectivity index (χ4v) is 1.28. The van der Waals surface area contributed by atoms with Crippen molar-refractivity contribution in [3.05, 3.63) is 0 Å². The summed E-state index contributed by atoms with van der Waals surface area (Å²) in [6, 6.07) is 0. The van der Waals surface area contributed by atoms with Crippen LogP contribution < -0.4 is 11.5 Å². The summed E-state index contributed by atoms with van der Waals surface area (Å²) >= 11 is 0. The first-order chi connectivity index (χ1) is 7.84. The maximum absolute atomic E-state index is 9.61. The standard InChI is InChI=1S/C9H23N3O5/c1-12(7(11)2-10)3-5(14)8(16)9(17)6(15)4-13/h5-9,13-17H,2-4,10-11H2,1H3/t5-,6+,7?,8+,9+/m0/s1. The van der Waals surface area contributed by atoms with Crippen LogP contribution in [0.1, 0.15) is 0 Å². The summed E-state index contributed by atoms with van der Waals surface area (Å²) in [5.74, 6) is 0. The van der Waals surface area contributed by atoms with Gasteiger partial charge in [-0.05, 0) is 7.05 Å². The normalized spacial score (nSPS) is 21.0. The van der Waals surface area contributed by atoms with E-state index in [2.05, 4.69) is 0 Å². The van der Waals surface area contributed by atoms with Gasteiger partial charge in [0, 0.05) is 13.1 Å². The Hall–Kier alpha value is -0.320. The highest BCUT2D eigenvalue weighted by atomic mass is 16.4. The molecule has 0 aliphatic heterocycles. The van der Waals surface area contributed by atoms with Crippen molar-refractivity contribution in [1.82, 2.24) is 4.90 Å². The Kier molecular flexibility index (Phi) is 7.75. The SMILES string of the molecule is CN(C[C@H](O)[C@@H](O)[C@H](O)[C@H](O)CO)C(N)CN. The zero-order chi connectivity index (χ0) is 13.6. The Balaban J connectivity index is 4.25. The van der Waals surface area contributed by atoms with Crippen LogP contribution in [-0.2, 0) is 0 Å². The second-order valence-electron chi connectivity index (χ2n) is 4.04. The molecule has 0 fully saturated rings. The molecule has 0 aromatic carbocycles. The first-order valence-corrected chi connectivity index (χ1v) is 5.34. The molecule has 0 radical (unpaired) electrons. The topological polar surface area (TPSA) is 156 Å². The number of hydrogen-bond acceptors (Lipinski definition) is 8. The maximum atomic E-state index is 9.61. The van der Waals surface area contributed by atoms with Gasteiger partial charge in [0.1, 0.15) is 18.3 Å². The van der Waals surface area contributed by atoms with Gasteiger partial charge in [-0.3, -0.25) is 4.90 Å². The van der Waals surface area contributed by atoms with E-state index < -0.39 is 37.2 Å². The fourth-order valence-electron chi connectivity index (χ4n) is 1.28. The molecule has 0 aromatic heterocycles. The Morgan fingerprint density at radius 2 is 1.53 bits per heavy atom. The van der Waals surface area contributed by atoms with Crippen LogP contribution in [0.3, 0.4) is 0 Å². The van der Waals surface area contributed by atoms with Crippen molar-refractivity contribution in [2.24, 2.45) is 11.5 Å². The molecule has 0 aliphatic carbocycles. The lowest BCUT2D eigenvalue weighted by Gasteiger charge is -2.30. The number of rotatable bonds is 8. The van der Waals surface area contributed by atoms with Gasteiger partial charge in [-0.2, -0.15) is 0 Å². The minimum atomic E-state index is -1.63. The van der Waals surface area contributed by atoms with Crippen molar-refractivity contribution >= 4 is 0 Å². The summed E-state index contributed by atoms with van der Waals surface area (Å²) < 4.78 is 0. The molecular weight excluding hydrogens is 230 g/mol. The Bertz CT molecular complexity index is 209.